The number of aromatic nitrogens is 1. The predicted molar refractivity (Wildman–Crippen MR) is 75.4 cm³/mol. The predicted octanol–water partition coefficient (Wildman–Crippen LogP) is 1.02. The Labute approximate surface area is 116 Å². The van der Waals surface area contributed by atoms with Crippen LogP contribution < -0.4 is 16.2 Å². The number of pyridine rings is 1. The van der Waals surface area contributed by atoms with E-state index in [0.29, 0.717) is 31.7 Å². The summed E-state index contributed by atoms with van der Waals surface area (Å²) in [6.07, 6.45) is 2.12. The van der Waals surface area contributed by atoms with Crippen molar-refractivity contribution in [3.8, 4) is 0 Å². The van der Waals surface area contributed by atoms with Gasteiger partial charge >= 0.3 is 0 Å². The summed E-state index contributed by atoms with van der Waals surface area (Å²) in [4.78, 5) is 16.6. The van der Waals surface area contributed by atoms with Gasteiger partial charge in [0, 0.05) is 13.1 Å². The molecule has 4 N–H and O–H groups in total. The topological polar surface area (TPSA) is 118 Å². The van der Waals surface area contributed by atoms with E-state index in [1.54, 1.807) is 0 Å². The standard InChI is InChI=1S/C12H19N5O3/c1-12(18)3-2-5-16(6-4-12)11-8-9(17(19)20)7-10(14-11)15-13/h7-8,18H,2-6,13H2,1H3,(H,14,15). The van der Waals surface area contributed by atoms with Crippen LogP contribution in [0.1, 0.15) is 26.2 Å². The van der Waals surface area contributed by atoms with Gasteiger partial charge in [-0.15, -0.1) is 0 Å². The summed E-state index contributed by atoms with van der Waals surface area (Å²) in [5.41, 5.74) is 1.60. The van der Waals surface area contributed by atoms with Gasteiger partial charge in [-0.2, -0.15) is 0 Å². The molecule has 0 bridgehead atoms. The largest absolute Gasteiger partial charge is 0.390 e. The number of nitro groups is 1. The second-order valence-corrected chi connectivity index (χ2v) is 5.31. The van der Waals surface area contributed by atoms with E-state index in [1.165, 1.54) is 12.1 Å². The molecule has 0 spiro atoms. The first kappa shape index (κ1) is 14.5. The SMILES string of the molecule is CC1(O)CCCN(c2cc([N+](=O)[O-])cc(NN)n2)CC1. The monoisotopic (exact) mass is 281 g/mol. The van der Waals surface area contributed by atoms with Crippen molar-refractivity contribution in [2.45, 2.75) is 31.8 Å². The number of nitrogen functional groups attached to an aromatic ring is 1. The number of aliphatic hydroxyl groups is 1. The molecule has 2 rings (SSSR count). The maximum atomic E-state index is 10.9. The van der Waals surface area contributed by atoms with Gasteiger partial charge in [-0.25, -0.2) is 10.8 Å². The molecule has 8 nitrogen and oxygen atoms in total. The summed E-state index contributed by atoms with van der Waals surface area (Å²) in [6.45, 7) is 3.11. The first-order chi connectivity index (χ1) is 9.41. The van der Waals surface area contributed by atoms with Crippen LogP contribution in [0.15, 0.2) is 12.1 Å². The molecule has 20 heavy (non-hydrogen) atoms. The Kier molecular flexibility index (Phi) is 4.05. The minimum absolute atomic E-state index is 0.0565. The average molecular weight is 281 g/mol. The van der Waals surface area contributed by atoms with Crippen LogP contribution >= 0.6 is 0 Å². The number of hydrogen-bond donors (Lipinski definition) is 3. The van der Waals surface area contributed by atoms with Gasteiger partial charge < -0.3 is 15.4 Å². The number of nitrogens with one attached hydrogen (secondary N) is 1. The zero-order valence-electron chi connectivity index (χ0n) is 11.4. The van der Waals surface area contributed by atoms with Crippen molar-refractivity contribution in [2.75, 3.05) is 23.4 Å². The van der Waals surface area contributed by atoms with Gasteiger partial charge in [0.2, 0.25) is 0 Å². The van der Waals surface area contributed by atoms with Crippen LogP contribution in [0.5, 0.6) is 0 Å². The van der Waals surface area contributed by atoms with Gasteiger partial charge in [-0.05, 0) is 26.2 Å². The lowest BCUT2D eigenvalue weighted by atomic mass is 9.98. The fraction of sp³-hybridized carbons (Fsp3) is 0.583. The smallest absolute Gasteiger partial charge is 0.276 e. The van der Waals surface area contributed by atoms with Crippen LogP contribution in [0.2, 0.25) is 0 Å². The van der Waals surface area contributed by atoms with E-state index in [1.807, 2.05) is 11.8 Å². The number of hydrogen-bond acceptors (Lipinski definition) is 7. The van der Waals surface area contributed by atoms with E-state index >= 15 is 0 Å². The van der Waals surface area contributed by atoms with Crippen LogP contribution in [0.4, 0.5) is 17.3 Å². The highest BCUT2D eigenvalue weighted by molar-refractivity contribution is 5.55. The third-order valence-electron chi connectivity index (χ3n) is 3.54. The van der Waals surface area contributed by atoms with Crippen LogP contribution in [0.25, 0.3) is 0 Å². The molecule has 0 saturated carbocycles. The summed E-state index contributed by atoms with van der Waals surface area (Å²) < 4.78 is 0. The lowest BCUT2D eigenvalue weighted by molar-refractivity contribution is -0.384. The first-order valence-electron chi connectivity index (χ1n) is 6.52. The Hall–Kier alpha value is -1.93. The minimum atomic E-state index is -0.690. The molecule has 0 radical (unpaired) electrons. The zero-order valence-corrected chi connectivity index (χ0v) is 11.4. The molecular weight excluding hydrogens is 262 g/mol. The Morgan fingerprint density at radius 2 is 2.25 bits per heavy atom. The molecule has 0 aliphatic carbocycles. The lowest BCUT2D eigenvalue weighted by Crippen LogP contribution is -2.29. The van der Waals surface area contributed by atoms with Crippen molar-refractivity contribution in [2.24, 2.45) is 5.84 Å². The van der Waals surface area contributed by atoms with Crippen molar-refractivity contribution in [3.05, 3.63) is 22.2 Å². The summed E-state index contributed by atoms with van der Waals surface area (Å²) in [5.74, 6) is 6.06. The fourth-order valence-electron chi connectivity index (χ4n) is 2.34. The van der Waals surface area contributed by atoms with E-state index in [2.05, 4.69) is 10.4 Å². The molecule has 1 unspecified atom stereocenters. The number of anilines is 2. The van der Waals surface area contributed by atoms with E-state index in [-0.39, 0.29) is 11.5 Å². The summed E-state index contributed by atoms with van der Waals surface area (Å²) in [7, 11) is 0. The number of rotatable bonds is 3. The molecule has 1 fully saturated rings. The van der Waals surface area contributed by atoms with E-state index in [4.69, 9.17) is 5.84 Å². The average Bonchev–Trinajstić information content (AvgIpc) is 2.59. The van der Waals surface area contributed by atoms with Gasteiger partial charge in [-0.1, -0.05) is 0 Å². The number of nitrogens with zero attached hydrogens (tertiary/aromatic N) is 3. The van der Waals surface area contributed by atoms with Gasteiger partial charge in [0.25, 0.3) is 5.69 Å². The molecule has 1 aliphatic heterocycles. The van der Waals surface area contributed by atoms with E-state index in [0.717, 1.165) is 6.42 Å². The molecule has 0 amide bonds. The lowest BCUT2D eigenvalue weighted by Gasteiger charge is -2.23. The molecule has 110 valence electrons. The molecule has 2 heterocycles. The molecule has 0 aromatic carbocycles. The van der Waals surface area contributed by atoms with Crippen molar-refractivity contribution < 1.29 is 10.0 Å². The molecule has 8 heteroatoms. The van der Waals surface area contributed by atoms with Crippen LogP contribution in [0, 0.1) is 10.1 Å². The zero-order chi connectivity index (χ0) is 14.8. The molecule has 1 aliphatic rings. The van der Waals surface area contributed by atoms with Crippen molar-refractivity contribution in [1.29, 1.82) is 0 Å². The Balaban J connectivity index is 2.27. The highest BCUT2D eigenvalue weighted by atomic mass is 16.6. The third-order valence-corrected chi connectivity index (χ3v) is 3.54. The minimum Gasteiger partial charge on any atom is -0.390 e. The third kappa shape index (κ3) is 3.34. The Morgan fingerprint density at radius 3 is 2.90 bits per heavy atom. The van der Waals surface area contributed by atoms with Crippen LogP contribution in [-0.4, -0.2) is 33.7 Å². The fourth-order valence-corrected chi connectivity index (χ4v) is 2.34. The normalized spacial score (nSPS) is 23.2. The molecular formula is C12H19N5O3. The van der Waals surface area contributed by atoms with Crippen LogP contribution in [0.3, 0.4) is 0 Å². The van der Waals surface area contributed by atoms with Crippen molar-refractivity contribution in [3.63, 3.8) is 0 Å². The molecule has 1 saturated heterocycles. The maximum absolute atomic E-state index is 10.9. The van der Waals surface area contributed by atoms with E-state index < -0.39 is 10.5 Å². The maximum Gasteiger partial charge on any atom is 0.276 e. The Morgan fingerprint density at radius 1 is 1.50 bits per heavy atom. The molecule has 1 atom stereocenters. The summed E-state index contributed by atoms with van der Waals surface area (Å²) >= 11 is 0. The van der Waals surface area contributed by atoms with Gasteiger partial charge in [0.05, 0.1) is 22.7 Å². The molecule has 1 aromatic heterocycles. The summed E-state index contributed by atoms with van der Waals surface area (Å²) in [5, 5.41) is 21.0. The number of hydrazine groups is 1. The first-order valence-corrected chi connectivity index (χ1v) is 6.52. The van der Waals surface area contributed by atoms with Crippen molar-refractivity contribution >= 4 is 17.3 Å². The van der Waals surface area contributed by atoms with Gasteiger partial charge in [0.1, 0.15) is 11.6 Å². The van der Waals surface area contributed by atoms with Gasteiger partial charge in [-0.3, -0.25) is 10.1 Å². The molecule has 1 aromatic rings. The van der Waals surface area contributed by atoms with Gasteiger partial charge in [0.15, 0.2) is 0 Å². The summed E-state index contributed by atoms with van der Waals surface area (Å²) in [6, 6.07) is 2.72. The second-order valence-electron chi connectivity index (χ2n) is 5.31. The van der Waals surface area contributed by atoms with Crippen molar-refractivity contribution in [1.82, 2.24) is 4.98 Å². The number of nitrogens with two attached hydrogens (primary N) is 1. The quantitative estimate of drug-likeness (QED) is 0.430. The van der Waals surface area contributed by atoms with Crippen LogP contribution in [-0.2, 0) is 0 Å². The van der Waals surface area contributed by atoms with E-state index in [9.17, 15) is 15.2 Å². The Bertz CT molecular complexity index is 506. The highest BCUT2D eigenvalue weighted by Crippen LogP contribution is 2.27. The second kappa shape index (κ2) is 5.59. The highest BCUT2D eigenvalue weighted by Gasteiger charge is 2.26.